The van der Waals surface area contributed by atoms with Crippen molar-refractivity contribution in [3.8, 4) is 0 Å². The minimum atomic E-state index is -0.598. The summed E-state index contributed by atoms with van der Waals surface area (Å²) in [5.41, 5.74) is 0.496. The Morgan fingerprint density at radius 3 is 2.24 bits per heavy atom. The summed E-state index contributed by atoms with van der Waals surface area (Å²) >= 11 is 0. The van der Waals surface area contributed by atoms with E-state index in [4.69, 9.17) is 4.74 Å². The van der Waals surface area contributed by atoms with Crippen LogP contribution in [0.5, 0.6) is 0 Å². The Kier molecular flexibility index (Phi) is 10.6. The Bertz CT molecular complexity index is 772. The number of rotatable bonds is 11. The van der Waals surface area contributed by atoms with E-state index in [9.17, 15) is 14.7 Å². The van der Waals surface area contributed by atoms with E-state index in [2.05, 4.69) is 36.2 Å². The Hall–Kier alpha value is -1.92. The normalized spacial score (nSPS) is 23.0. The van der Waals surface area contributed by atoms with Gasteiger partial charge in [-0.05, 0) is 51.5 Å². The van der Waals surface area contributed by atoms with Crippen molar-refractivity contribution in [3.05, 3.63) is 35.9 Å². The van der Waals surface area contributed by atoms with Crippen molar-refractivity contribution in [2.45, 2.75) is 117 Å². The summed E-state index contributed by atoms with van der Waals surface area (Å²) in [6.07, 6.45) is 3.41. The number of carbonyl (C=O) groups excluding carboxylic acids is 2. The van der Waals surface area contributed by atoms with Crippen LogP contribution in [0.15, 0.2) is 30.3 Å². The molecule has 0 aliphatic carbocycles. The van der Waals surface area contributed by atoms with Gasteiger partial charge in [-0.25, -0.2) is 0 Å². The molecule has 0 aromatic heterocycles. The number of amides is 1. The van der Waals surface area contributed by atoms with Gasteiger partial charge in [0.1, 0.15) is 11.6 Å². The fourth-order valence-electron chi connectivity index (χ4n) is 5.34. The van der Waals surface area contributed by atoms with E-state index in [1.807, 2.05) is 45.9 Å². The van der Waals surface area contributed by atoms with Gasteiger partial charge in [-0.1, -0.05) is 63.9 Å². The fraction of sp³-hybridized carbons (Fsp3) is 0.714. The third kappa shape index (κ3) is 7.81. The van der Waals surface area contributed by atoms with Crippen LogP contribution in [0, 0.1) is 11.8 Å². The fourth-order valence-corrected chi connectivity index (χ4v) is 5.34. The minimum Gasteiger partial charge on any atom is -0.459 e. The van der Waals surface area contributed by atoms with Crippen LogP contribution < -0.4 is 5.32 Å². The first-order chi connectivity index (χ1) is 16.0. The van der Waals surface area contributed by atoms with Crippen molar-refractivity contribution in [2.75, 3.05) is 0 Å². The number of carbonyl (C=O) groups is 2. The molecule has 1 saturated heterocycles. The molecule has 34 heavy (non-hydrogen) atoms. The van der Waals surface area contributed by atoms with E-state index < -0.39 is 17.7 Å². The largest absolute Gasteiger partial charge is 0.459 e. The maximum atomic E-state index is 13.4. The Morgan fingerprint density at radius 2 is 1.74 bits per heavy atom. The van der Waals surface area contributed by atoms with Crippen molar-refractivity contribution >= 4 is 11.9 Å². The number of aliphatic hydroxyl groups excluding tert-OH is 1. The number of benzene rings is 1. The number of hydrogen-bond donors (Lipinski definition) is 2. The van der Waals surface area contributed by atoms with E-state index in [-0.39, 0.29) is 29.9 Å². The molecule has 1 aromatic carbocycles. The van der Waals surface area contributed by atoms with E-state index in [0.29, 0.717) is 25.3 Å². The van der Waals surface area contributed by atoms with Gasteiger partial charge >= 0.3 is 5.97 Å². The van der Waals surface area contributed by atoms with Crippen LogP contribution in [0.2, 0.25) is 0 Å². The molecule has 1 aromatic rings. The molecule has 1 fully saturated rings. The highest BCUT2D eigenvalue weighted by atomic mass is 16.6. The lowest BCUT2D eigenvalue weighted by molar-refractivity contribution is -0.161. The molecule has 1 aliphatic rings. The molecule has 192 valence electrons. The highest BCUT2D eigenvalue weighted by Crippen LogP contribution is 2.39. The zero-order valence-electron chi connectivity index (χ0n) is 22.2. The lowest BCUT2D eigenvalue weighted by Gasteiger charge is -2.39. The van der Waals surface area contributed by atoms with Gasteiger partial charge in [0.25, 0.3) is 0 Å². The van der Waals surface area contributed by atoms with Gasteiger partial charge in [0, 0.05) is 31.5 Å². The lowest BCUT2D eigenvalue weighted by atomic mass is 9.82. The van der Waals surface area contributed by atoms with Gasteiger partial charge in [-0.15, -0.1) is 0 Å². The van der Waals surface area contributed by atoms with Crippen molar-refractivity contribution in [3.63, 3.8) is 0 Å². The number of likely N-dealkylation sites (tertiary alicyclic amines) is 1. The SMILES string of the molecule is CCC(CC)CC(NC(C)=O)[C@H]1[C@H]([C@@H](O)CC)C[C@H](C(=O)OC(C)(C)C)N1Cc1ccccc1. The molecule has 0 radical (unpaired) electrons. The molecule has 2 rings (SSSR count). The molecular formula is C28H46N2O4. The van der Waals surface area contributed by atoms with E-state index >= 15 is 0 Å². The van der Waals surface area contributed by atoms with Crippen LogP contribution in [0.25, 0.3) is 0 Å². The topological polar surface area (TPSA) is 78.9 Å². The maximum Gasteiger partial charge on any atom is 0.323 e. The summed E-state index contributed by atoms with van der Waals surface area (Å²) < 4.78 is 5.83. The third-order valence-electron chi connectivity index (χ3n) is 7.06. The summed E-state index contributed by atoms with van der Waals surface area (Å²) in [4.78, 5) is 27.9. The highest BCUT2D eigenvalue weighted by molar-refractivity contribution is 5.77. The second kappa shape index (κ2) is 12.7. The predicted molar refractivity (Wildman–Crippen MR) is 136 cm³/mol. The minimum absolute atomic E-state index is 0.0823. The number of hydrogen-bond acceptors (Lipinski definition) is 5. The number of nitrogens with zero attached hydrogens (tertiary/aromatic N) is 1. The van der Waals surface area contributed by atoms with Crippen LogP contribution in [-0.2, 0) is 20.9 Å². The number of ether oxygens (including phenoxy) is 1. The number of esters is 1. The van der Waals surface area contributed by atoms with E-state index in [1.54, 1.807) is 6.92 Å². The quantitative estimate of drug-likeness (QED) is 0.455. The molecule has 0 saturated carbocycles. The van der Waals surface area contributed by atoms with Crippen LogP contribution in [0.4, 0.5) is 0 Å². The molecule has 1 amide bonds. The van der Waals surface area contributed by atoms with Gasteiger partial charge in [0.2, 0.25) is 5.91 Å². The van der Waals surface area contributed by atoms with Crippen LogP contribution in [0.3, 0.4) is 0 Å². The first kappa shape index (κ1) is 28.3. The maximum absolute atomic E-state index is 13.4. The standard InChI is InChI=1S/C28H46N2O4/c1-8-20(9-2)16-23(29-19(4)31)26-22(25(32)10-3)17-24(27(33)34-28(5,6)7)30(26)18-21-14-12-11-13-15-21/h11-15,20,22-26,32H,8-10,16-18H2,1-7H3,(H,29,31)/t22-,23?,24+,25-,26+/m0/s1. The molecule has 5 atom stereocenters. The van der Waals surface area contributed by atoms with Gasteiger partial charge in [0.15, 0.2) is 0 Å². The smallest absolute Gasteiger partial charge is 0.323 e. The Balaban J connectivity index is 2.54. The average Bonchev–Trinajstić information content (AvgIpc) is 3.14. The van der Waals surface area contributed by atoms with Crippen molar-refractivity contribution in [1.29, 1.82) is 0 Å². The molecule has 6 nitrogen and oxygen atoms in total. The van der Waals surface area contributed by atoms with Crippen molar-refractivity contribution < 1.29 is 19.4 Å². The summed E-state index contributed by atoms with van der Waals surface area (Å²) in [6, 6.07) is 9.28. The van der Waals surface area contributed by atoms with Gasteiger partial charge in [-0.2, -0.15) is 0 Å². The van der Waals surface area contributed by atoms with Crippen LogP contribution >= 0.6 is 0 Å². The van der Waals surface area contributed by atoms with E-state index in [0.717, 1.165) is 24.8 Å². The molecule has 1 heterocycles. The summed E-state index contributed by atoms with van der Waals surface area (Å²) in [6.45, 7) is 14.1. The van der Waals surface area contributed by atoms with Crippen molar-refractivity contribution in [1.82, 2.24) is 10.2 Å². The number of aliphatic hydroxyl groups is 1. The zero-order valence-corrected chi connectivity index (χ0v) is 22.2. The molecule has 6 heteroatoms. The first-order valence-corrected chi connectivity index (χ1v) is 13.0. The molecule has 0 bridgehead atoms. The average molecular weight is 475 g/mol. The monoisotopic (exact) mass is 474 g/mol. The Labute approximate surface area is 206 Å². The van der Waals surface area contributed by atoms with Crippen molar-refractivity contribution in [2.24, 2.45) is 11.8 Å². The molecule has 1 unspecified atom stereocenters. The third-order valence-corrected chi connectivity index (χ3v) is 7.06. The number of nitrogens with one attached hydrogen (secondary N) is 1. The Morgan fingerprint density at radius 1 is 1.12 bits per heavy atom. The second-order valence-electron chi connectivity index (χ2n) is 10.8. The predicted octanol–water partition coefficient (Wildman–Crippen LogP) is 4.69. The summed E-state index contributed by atoms with van der Waals surface area (Å²) in [7, 11) is 0. The molecule has 0 spiro atoms. The van der Waals surface area contributed by atoms with Gasteiger partial charge < -0.3 is 15.2 Å². The van der Waals surface area contributed by atoms with Crippen LogP contribution in [0.1, 0.15) is 86.1 Å². The van der Waals surface area contributed by atoms with Gasteiger partial charge in [0.05, 0.1) is 6.10 Å². The molecular weight excluding hydrogens is 428 g/mol. The first-order valence-electron chi connectivity index (χ1n) is 13.0. The zero-order chi connectivity index (χ0) is 25.5. The molecule has 2 N–H and O–H groups in total. The highest BCUT2D eigenvalue weighted by Gasteiger charge is 2.51. The summed E-state index contributed by atoms with van der Waals surface area (Å²) in [5.74, 6) is -0.0303. The lowest BCUT2D eigenvalue weighted by Crippen LogP contribution is -2.55. The van der Waals surface area contributed by atoms with Gasteiger partial charge in [-0.3, -0.25) is 14.5 Å². The second-order valence-corrected chi connectivity index (χ2v) is 10.8. The summed E-state index contributed by atoms with van der Waals surface area (Å²) in [5, 5.41) is 14.3. The van der Waals surface area contributed by atoms with E-state index in [1.165, 1.54) is 0 Å². The van der Waals surface area contributed by atoms with Crippen LogP contribution in [-0.4, -0.2) is 51.7 Å². The molecule has 1 aliphatic heterocycles.